The monoisotopic (exact) mass is 400 g/mol. The summed E-state index contributed by atoms with van der Waals surface area (Å²) in [5, 5.41) is 5.72. The van der Waals surface area contributed by atoms with Gasteiger partial charge in [-0.1, -0.05) is 0 Å². The van der Waals surface area contributed by atoms with Crippen LogP contribution >= 0.6 is 0 Å². The van der Waals surface area contributed by atoms with Gasteiger partial charge in [-0.15, -0.1) is 0 Å². The van der Waals surface area contributed by atoms with Crippen LogP contribution in [0, 0.1) is 5.82 Å². The lowest BCUT2D eigenvalue weighted by Crippen LogP contribution is -2.47. The Hall–Kier alpha value is -2.80. The maximum absolute atomic E-state index is 13.0. The SMILES string of the molecule is CCOc1ccc(NC(=O)NCCCN2CCN(c3ccc(F)cc3)CC2)cc1. The van der Waals surface area contributed by atoms with Gasteiger partial charge in [-0.3, -0.25) is 4.90 Å². The topological polar surface area (TPSA) is 56.8 Å². The van der Waals surface area contributed by atoms with Crippen LogP contribution in [0.2, 0.25) is 0 Å². The summed E-state index contributed by atoms with van der Waals surface area (Å²) in [4.78, 5) is 16.7. The summed E-state index contributed by atoms with van der Waals surface area (Å²) in [6, 6.07) is 13.8. The van der Waals surface area contributed by atoms with Crippen molar-refractivity contribution >= 4 is 17.4 Å². The molecular formula is C22H29FN4O2. The zero-order chi connectivity index (χ0) is 20.5. The van der Waals surface area contributed by atoms with E-state index in [0.717, 1.165) is 56.3 Å². The van der Waals surface area contributed by atoms with Gasteiger partial charge in [-0.25, -0.2) is 9.18 Å². The van der Waals surface area contributed by atoms with Gasteiger partial charge < -0.3 is 20.3 Å². The molecule has 156 valence electrons. The van der Waals surface area contributed by atoms with E-state index in [9.17, 15) is 9.18 Å². The fourth-order valence-corrected chi connectivity index (χ4v) is 3.36. The molecule has 1 aliphatic rings. The van der Waals surface area contributed by atoms with Gasteiger partial charge in [0.05, 0.1) is 6.61 Å². The molecule has 1 saturated heterocycles. The van der Waals surface area contributed by atoms with Crippen LogP contribution in [0.3, 0.4) is 0 Å². The first-order valence-electron chi connectivity index (χ1n) is 10.1. The highest BCUT2D eigenvalue weighted by Gasteiger charge is 2.16. The van der Waals surface area contributed by atoms with Gasteiger partial charge in [0.15, 0.2) is 0 Å². The minimum atomic E-state index is -0.202. The Morgan fingerprint density at radius 2 is 1.72 bits per heavy atom. The molecular weight excluding hydrogens is 371 g/mol. The van der Waals surface area contributed by atoms with E-state index < -0.39 is 0 Å². The average Bonchev–Trinajstić information content (AvgIpc) is 2.74. The molecule has 3 rings (SSSR count). The second-order valence-electron chi connectivity index (χ2n) is 7.00. The molecule has 6 nitrogen and oxygen atoms in total. The summed E-state index contributed by atoms with van der Waals surface area (Å²) in [6.07, 6.45) is 0.896. The van der Waals surface area contributed by atoms with Gasteiger partial charge in [-0.2, -0.15) is 0 Å². The fourth-order valence-electron chi connectivity index (χ4n) is 3.36. The molecule has 1 fully saturated rings. The third-order valence-electron chi connectivity index (χ3n) is 4.92. The van der Waals surface area contributed by atoms with Crippen molar-refractivity contribution < 1.29 is 13.9 Å². The summed E-state index contributed by atoms with van der Waals surface area (Å²) >= 11 is 0. The Morgan fingerprint density at radius 1 is 1.03 bits per heavy atom. The number of nitrogens with one attached hydrogen (secondary N) is 2. The number of halogens is 1. The molecule has 2 aromatic carbocycles. The van der Waals surface area contributed by atoms with Crippen LogP contribution in [0.15, 0.2) is 48.5 Å². The van der Waals surface area contributed by atoms with E-state index in [4.69, 9.17) is 4.74 Å². The normalized spacial score (nSPS) is 14.5. The number of hydrogen-bond acceptors (Lipinski definition) is 4. The second-order valence-corrected chi connectivity index (χ2v) is 7.00. The largest absolute Gasteiger partial charge is 0.494 e. The first kappa shape index (κ1) is 20.9. The lowest BCUT2D eigenvalue weighted by molar-refractivity contribution is 0.244. The molecule has 0 spiro atoms. The van der Waals surface area contributed by atoms with Crippen LogP contribution in [0.25, 0.3) is 0 Å². The molecule has 0 unspecified atom stereocenters. The number of carbonyl (C=O) groups is 1. The molecule has 2 N–H and O–H groups in total. The number of piperazine rings is 1. The number of nitrogens with zero attached hydrogens (tertiary/aromatic N) is 2. The number of amides is 2. The molecule has 0 radical (unpaired) electrons. The summed E-state index contributed by atoms with van der Waals surface area (Å²) in [5.41, 5.74) is 1.81. The highest BCUT2D eigenvalue weighted by Crippen LogP contribution is 2.17. The molecule has 0 aromatic heterocycles. The van der Waals surface area contributed by atoms with E-state index in [1.54, 1.807) is 0 Å². The predicted molar refractivity (Wildman–Crippen MR) is 114 cm³/mol. The van der Waals surface area contributed by atoms with Gasteiger partial charge in [0.1, 0.15) is 11.6 Å². The molecule has 1 aliphatic heterocycles. The Morgan fingerprint density at radius 3 is 2.38 bits per heavy atom. The Labute approximate surface area is 171 Å². The highest BCUT2D eigenvalue weighted by molar-refractivity contribution is 5.89. The van der Waals surface area contributed by atoms with E-state index in [1.807, 2.05) is 43.3 Å². The number of anilines is 2. The predicted octanol–water partition coefficient (Wildman–Crippen LogP) is 3.56. The minimum absolute atomic E-state index is 0.199. The average molecular weight is 400 g/mol. The van der Waals surface area contributed by atoms with E-state index in [0.29, 0.717) is 13.2 Å². The molecule has 0 bridgehead atoms. The van der Waals surface area contributed by atoms with E-state index in [1.165, 1.54) is 12.1 Å². The smallest absolute Gasteiger partial charge is 0.319 e. The number of benzene rings is 2. The third-order valence-corrected chi connectivity index (χ3v) is 4.92. The number of urea groups is 1. The molecule has 0 saturated carbocycles. The molecule has 29 heavy (non-hydrogen) atoms. The first-order valence-corrected chi connectivity index (χ1v) is 10.1. The number of carbonyl (C=O) groups excluding carboxylic acids is 1. The number of rotatable bonds is 8. The lowest BCUT2D eigenvalue weighted by Gasteiger charge is -2.36. The van der Waals surface area contributed by atoms with Crippen LogP contribution in [-0.2, 0) is 0 Å². The van der Waals surface area contributed by atoms with Crippen molar-refractivity contribution in [2.24, 2.45) is 0 Å². The van der Waals surface area contributed by atoms with Gasteiger partial charge >= 0.3 is 6.03 Å². The van der Waals surface area contributed by atoms with E-state index in [-0.39, 0.29) is 11.8 Å². The van der Waals surface area contributed by atoms with Crippen molar-refractivity contribution in [1.82, 2.24) is 10.2 Å². The fraction of sp³-hybridized carbons (Fsp3) is 0.409. The summed E-state index contributed by atoms with van der Waals surface area (Å²) in [7, 11) is 0. The summed E-state index contributed by atoms with van der Waals surface area (Å²) in [5.74, 6) is 0.587. The van der Waals surface area contributed by atoms with Crippen molar-refractivity contribution in [2.45, 2.75) is 13.3 Å². The molecule has 0 atom stereocenters. The van der Waals surface area contributed by atoms with Gasteiger partial charge in [0, 0.05) is 44.1 Å². The van der Waals surface area contributed by atoms with Gasteiger partial charge in [-0.05, 0) is 68.4 Å². The minimum Gasteiger partial charge on any atom is -0.494 e. The maximum Gasteiger partial charge on any atom is 0.319 e. The van der Waals surface area contributed by atoms with Gasteiger partial charge in [0.2, 0.25) is 0 Å². The number of ether oxygens (including phenoxy) is 1. The van der Waals surface area contributed by atoms with Crippen molar-refractivity contribution in [3.8, 4) is 5.75 Å². The molecule has 1 heterocycles. The Bertz CT molecular complexity index is 759. The van der Waals surface area contributed by atoms with Crippen molar-refractivity contribution in [3.63, 3.8) is 0 Å². The quantitative estimate of drug-likeness (QED) is 0.666. The maximum atomic E-state index is 13.0. The Kier molecular flexibility index (Phi) is 7.69. The zero-order valence-electron chi connectivity index (χ0n) is 16.9. The van der Waals surface area contributed by atoms with Crippen molar-refractivity contribution in [1.29, 1.82) is 0 Å². The standard InChI is InChI=1S/C22H29FN4O2/c1-2-29-21-10-6-19(7-11-21)25-22(28)24-12-3-13-26-14-16-27(17-15-26)20-8-4-18(23)5-9-20/h4-11H,2-3,12-17H2,1H3,(H2,24,25,28). The van der Waals surface area contributed by atoms with Crippen LogP contribution < -0.4 is 20.3 Å². The number of hydrogen-bond donors (Lipinski definition) is 2. The highest BCUT2D eigenvalue weighted by atomic mass is 19.1. The van der Waals surface area contributed by atoms with Gasteiger partial charge in [0.25, 0.3) is 0 Å². The van der Waals surface area contributed by atoms with Crippen molar-refractivity contribution in [2.75, 3.05) is 56.1 Å². The van der Waals surface area contributed by atoms with Crippen LogP contribution in [0.4, 0.5) is 20.6 Å². The van der Waals surface area contributed by atoms with E-state index in [2.05, 4.69) is 20.4 Å². The van der Waals surface area contributed by atoms with Crippen molar-refractivity contribution in [3.05, 3.63) is 54.3 Å². The lowest BCUT2D eigenvalue weighted by atomic mass is 10.2. The third kappa shape index (κ3) is 6.64. The second kappa shape index (κ2) is 10.7. The summed E-state index contributed by atoms with van der Waals surface area (Å²) < 4.78 is 18.4. The van der Waals surface area contributed by atoms with Crippen LogP contribution in [-0.4, -0.2) is 56.8 Å². The molecule has 2 amide bonds. The first-order chi connectivity index (χ1) is 14.1. The molecule has 2 aromatic rings. The summed E-state index contributed by atoms with van der Waals surface area (Å²) in [6.45, 7) is 7.92. The zero-order valence-corrected chi connectivity index (χ0v) is 16.9. The Balaban J connectivity index is 1.29. The molecule has 0 aliphatic carbocycles. The molecule has 7 heteroatoms. The van der Waals surface area contributed by atoms with E-state index >= 15 is 0 Å². The van der Waals surface area contributed by atoms with Crippen LogP contribution in [0.1, 0.15) is 13.3 Å². The van der Waals surface area contributed by atoms with Crippen LogP contribution in [0.5, 0.6) is 5.75 Å².